The van der Waals surface area contributed by atoms with Crippen LogP contribution < -0.4 is 5.32 Å². The summed E-state index contributed by atoms with van der Waals surface area (Å²) in [6.07, 6.45) is 4.64. The largest absolute Gasteiger partial charge is 0.349 e. The molecule has 0 radical (unpaired) electrons. The van der Waals surface area contributed by atoms with Gasteiger partial charge in [-0.15, -0.1) is 0 Å². The summed E-state index contributed by atoms with van der Waals surface area (Å²) >= 11 is 6.00. The monoisotopic (exact) mass is 251 g/mol. The minimum atomic E-state index is -0.0466. The van der Waals surface area contributed by atoms with Crippen molar-refractivity contribution in [2.45, 2.75) is 38.6 Å². The molecule has 1 aliphatic carbocycles. The highest BCUT2D eigenvalue weighted by atomic mass is 35.5. The number of benzene rings is 1. The Bertz CT molecular complexity index is 405. The molecule has 0 aliphatic heterocycles. The van der Waals surface area contributed by atoms with E-state index in [0.717, 1.165) is 12.8 Å². The molecular formula is C14H18ClNO. The first-order valence-corrected chi connectivity index (χ1v) is 6.60. The van der Waals surface area contributed by atoms with Crippen molar-refractivity contribution in [3.63, 3.8) is 0 Å². The number of carbonyl (C=O) groups is 1. The van der Waals surface area contributed by atoms with E-state index in [1.54, 1.807) is 12.1 Å². The van der Waals surface area contributed by atoms with Gasteiger partial charge in [0.1, 0.15) is 0 Å². The lowest BCUT2D eigenvalue weighted by Crippen LogP contribution is -2.38. The molecule has 2 atom stereocenters. The van der Waals surface area contributed by atoms with E-state index in [-0.39, 0.29) is 5.91 Å². The first kappa shape index (κ1) is 12.4. The zero-order valence-electron chi connectivity index (χ0n) is 10.1. The molecule has 3 heteroatoms. The predicted molar refractivity (Wildman–Crippen MR) is 70.3 cm³/mol. The van der Waals surface area contributed by atoms with Crippen molar-refractivity contribution >= 4 is 17.5 Å². The van der Waals surface area contributed by atoms with Crippen LogP contribution in [0.5, 0.6) is 0 Å². The highest BCUT2D eigenvalue weighted by molar-refractivity contribution is 6.33. The first-order chi connectivity index (χ1) is 8.16. The standard InChI is InChI=1S/C14H18ClNO/c1-10-5-4-6-11(9-10)16-14(17)12-7-2-3-8-13(12)15/h2-3,7-8,10-11H,4-6,9H2,1H3,(H,16,17)/t10-,11-/m0/s1. The van der Waals surface area contributed by atoms with Crippen molar-refractivity contribution in [2.75, 3.05) is 0 Å². The van der Waals surface area contributed by atoms with E-state index in [0.29, 0.717) is 22.5 Å². The second-order valence-electron chi connectivity index (χ2n) is 4.92. The number of amides is 1. The molecule has 2 rings (SSSR count). The van der Waals surface area contributed by atoms with Gasteiger partial charge in [0.15, 0.2) is 0 Å². The van der Waals surface area contributed by atoms with E-state index in [1.807, 2.05) is 12.1 Å². The molecule has 1 aliphatic rings. The molecule has 1 saturated carbocycles. The smallest absolute Gasteiger partial charge is 0.253 e. The van der Waals surface area contributed by atoms with E-state index in [1.165, 1.54) is 12.8 Å². The van der Waals surface area contributed by atoms with E-state index >= 15 is 0 Å². The molecule has 2 nitrogen and oxygen atoms in total. The second kappa shape index (κ2) is 5.54. The van der Waals surface area contributed by atoms with E-state index in [9.17, 15) is 4.79 Å². The first-order valence-electron chi connectivity index (χ1n) is 6.22. The van der Waals surface area contributed by atoms with Crippen molar-refractivity contribution in [1.29, 1.82) is 0 Å². The van der Waals surface area contributed by atoms with Gasteiger partial charge in [0, 0.05) is 6.04 Å². The van der Waals surface area contributed by atoms with Gasteiger partial charge in [-0.2, -0.15) is 0 Å². The average Bonchev–Trinajstić information content (AvgIpc) is 2.29. The van der Waals surface area contributed by atoms with Crippen LogP contribution in [0.2, 0.25) is 5.02 Å². The van der Waals surface area contributed by atoms with Gasteiger partial charge in [-0.3, -0.25) is 4.79 Å². The quantitative estimate of drug-likeness (QED) is 0.854. The summed E-state index contributed by atoms with van der Waals surface area (Å²) in [6.45, 7) is 2.24. The van der Waals surface area contributed by atoms with Crippen LogP contribution >= 0.6 is 11.6 Å². The van der Waals surface area contributed by atoms with Crippen molar-refractivity contribution in [2.24, 2.45) is 5.92 Å². The third-order valence-corrected chi connectivity index (χ3v) is 3.72. The number of carbonyl (C=O) groups excluding carboxylic acids is 1. The molecule has 0 saturated heterocycles. The fourth-order valence-corrected chi connectivity index (χ4v) is 2.70. The summed E-state index contributed by atoms with van der Waals surface area (Å²) in [5.74, 6) is 0.662. The van der Waals surface area contributed by atoms with Gasteiger partial charge in [-0.25, -0.2) is 0 Å². The molecule has 1 amide bonds. The molecule has 1 aromatic rings. The lowest BCUT2D eigenvalue weighted by atomic mass is 9.87. The SMILES string of the molecule is C[C@H]1CCC[C@H](NC(=O)c2ccccc2Cl)C1. The van der Waals surface area contributed by atoms with Crippen molar-refractivity contribution in [3.8, 4) is 0 Å². The summed E-state index contributed by atoms with van der Waals surface area (Å²) in [5, 5.41) is 3.61. The van der Waals surface area contributed by atoms with Gasteiger partial charge in [-0.1, -0.05) is 43.5 Å². The summed E-state index contributed by atoms with van der Waals surface area (Å²) in [4.78, 5) is 12.0. The molecule has 0 unspecified atom stereocenters. The summed E-state index contributed by atoms with van der Waals surface area (Å²) in [5.41, 5.74) is 0.576. The van der Waals surface area contributed by atoms with Crippen LogP contribution in [-0.4, -0.2) is 11.9 Å². The van der Waals surface area contributed by atoms with Crippen molar-refractivity contribution in [3.05, 3.63) is 34.9 Å². The van der Waals surface area contributed by atoms with Crippen LogP contribution in [0.1, 0.15) is 43.0 Å². The van der Waals surface area contributed by atoms with Gasteiger partial charge in [0.05, 0.1) is 10.6 Å². The minimum Gasteiger partial charge on any atom is -0.349 e. The van der Waals surface area contributed by atoms with Crippen molar-refractivity contribution in [1.82, 2.24) is 5.32 Å². The number of hydrogen-bond acceptors (Lipinski definition) is 1. The molecule has 0 heterocycles. The molecule has 1 aromatic carbocycles. The highest BCUT2D eigenvalue weighted by Gasteiger charge is 2.21. The third kappa shape index (κ3) is 3.22. The van der Waals surface area contributed by atoms with Crippen LogP contribution in [0.3, 0.4) is 0 Å². The molecule has 0 spiro atoms. The maximum absolute atomic E-state index is 12.0. The van der Waals surface area contributed by atoms with E-state index < -0.39 is 0 Å². The molecular weight excluding hydrogens is 234 g/mol. The fourth-order valence-electron chi connectivity index (χ4n) is 2.47. The maximum Gasteiger partial charge on any atom is 0.253 e. The van der Waals surface area contributed by atoms with Crippen LogP contribution in [0.4, 0.5) is 0 Å². The Labute approximate surface area is 107 Å². The van der Waals surface area contributed by atoms with Gasteiger partial charge in [0.25, 0.3) is 5.91 Å². The van der Waals surface area contributed by atoms with Gasteiger partial charge in [0.2, 0.25) is 0 Å². The van der Waals surface area contributed by atoms with Gasteiger partial charge >= 0.3 is 0 Å². The zero-order chi connectivity index (χ0) is 12.3. The molecule has 1 fully saturated rings. The number of halogens is 1. The van der Waals surface area contributed by atoms with Crippen LogP contribution in [-0.2, 0) is 0 Å². The van der Waals surface area contributed by atoms with E-state index in [2.05, 4.69) is 12.2 Å². The van der Waals surface area contributed by atoms with Crippen LogP contribution in [0, 0.1) is 5.92 Å². The van der Waals surface area contributed by atoms with Crippen LogP contribution in [0.15, 0.2) is 24.3 Å². The zero-order valence-corrected chi connectivity index (χ0v) is 10.8. The predicted octanol–water partition coefficient (Wildman–Crippen LogP) is 3.65. The molecule has 0 bridgehead atoms. The Hall–Kier alpha value is -1.02. The minimum absolute atomic E-state index is 0.0466. The lowest BCUT2D eigenvalue weighted by molar-refractivity contribution is 0.0921. The third-order valence-electron chi connectivity index (χ3n) is 3.39. The summed E-state index contributed by atoms with van der Waals surface area (Å²) in [7, 11) is 0. The maximum atomic E-state index is 12.0. The summed E-state index contributed by atoms with van der Waals surface area (Å²) < 4.78 is 0. The van der Waals surface area contributed by atoms with E-state index in [4.69, 9.17) is 11.6 Å². The lowest BCUT2D eigenvalue weighted by Gasteiger charge is -2.27. The van der Waals surface area contributed by atoms with Crippen LogP contribution in [0.25, 0.3) is 0 Å². The Morgan fingerprint density at radius 2 is 2.12 bits per heavy atom. The number of hydrogen-bond donors (Lipinski definition) is 1. The normalized spacial score (nSPS) is 24.4. The molecule has 1 N–H and O–H groups in total. The van der Waals surface area contributed by atoms with Gasteiger partial charge < -0.3 is 5.32 Å². The number of rotatable bonds is 2. The average molecular weight is 252 g/mol. The Balaban J connectivity index is 1.99. The Morgan fingerprint density at radius 3 is 2.82 bits per heavy atom. The second-order valence-corrected chi connectivity index (χ2v) is 5.33. The topological polar surface area (TPSA) is 29.1 Å². The van der Waals surface area contributed by atoms with Gasteiger partial charge in [-0.05, 0) is 30.9 Å². The fraction of sp³-hybridized carbons (Fsp3) is 0.500. The summed E-state index contributed by atoms with van der Waals surface area (Å²) in [6, 6.07) is 7.50. The number of nitrogens with one attached hydrogen (secondary N) is 1. The molecule has 92 valence electrons. The van der Waals surface area contributed by atoms with Crippen molar-refractivity contribution < 1.29 is 4.79 Å². The molecule has 0 aromatic heterocycles. The molecule has 17 heavy (non-hydrogen) atoms. The Kier molecular flexibility index (Phi) is 4.06. The Morgan fingerprint density at radius 1 is 1.35 bits per heavy atom. The highest BCUT2D eigenvalue weighted by Crippen LogP contribution is 2.24.